The Morgan fingerprint density at radius 3 is 1.68 bits per heavy atom. The fraction of sp³-hybridized carbons (Fsp3) is 0.952. The molecule has 1 heterocycles. The van der Waals surface area contributed by atoms with E-state index in [9.17, 15) is 26.2 Å². The molecule has 0 N–H and O–H groups in total. The third-order valence-corrected chi connectivity index (χ3v) is 8.77. The standard InChI is InChI=1S/C21H40O7S2.Na/c1-2-3-4-5-6-7-8-9-10-11-12-13-14-15-16-21(22)28-19-17-29(23,24)18-20(19)30(25,26)27;/h19-20H,2-18H2,1H3,(H,25,26,27);/q;+1/p-1. The topological polar surface area (TPSA) is 118 Å². The van der Waals surface area contributed by atoms with E-state index in [1.165, 1.54) is 64.2 Å². The predicted molar refractivity (Wildman–Crippen MR) is 117 cm³/mol. The number of esters is 1. The van der Waals surface area contributed by atoms with Crippen molar-refractivity contribution in [2.24, 2.45) is 0 Å². The zero-order chi connectivity index (χ0) is 22.5. The van der Waals surface area contributed by atoms with Gasteiger partial charge in [-0.15, -0.1) is 0 Å². The van der Waals surface area contributed by atoms with Crippen LogP contribution < -0.4 is 29.6 Å². The van der Waals surface area contributed by atoms with Gasteiger partial charge in [0.25, 0.3) is 0 Å². The van der Waals surface area contributed by atoms with Crippen molar-refractivity contribution >= 4 is 25.9 Å². The summed E-state index contributed by atoms with van der Waals surface area (Å²) in [6, 6.07) is 0. The van der Waals surface area contributed by atoms with Crippen LogP contribution in [-0.4, -0.2) is 50.2 Å². The Balaban J connectivity index is 0.00000900. The monoisotopic (exact) mass is 490 g/mol. The van der Waals surface area contributed by atoms with Crippen molar-refractivity contribution in [2.75, 3.05) is 11.5 Å². The number of ether oxygens (including phenoxy) is 1. The van der Waals surface area contributed by atoms with Crippen molar-refractivity contribution in [1.29, 1.82) is 0 Å². The summed E-state index contributed by atoms with van der Waals surface area (Å²) in [6.45, 7) is 2.23. The van der Waals surface area contributed by atoms with Crippen LogP contribution in [0.25, 0.3) is 0 Å². The number of carbonyl (C=O) groups is 1. The van der Waals surface area contributed by atoms with Crippen LogP contribution in [0.3, 0.4) is 0 Å². The van der Waals surface area contributed by atoms with Crippen molar-refractivity contribution in [2.45, 2.75) is 115 Å². The second-order valence-corrected chi connectivity index (χ2v) is 12.2. The van der Waals surface area contributed by atoms with E-state index in [1.54, 1.807) is 0 Å². The molecule has 0 aromatic rings. The van der Waals surface area contributed by atoms with Crippen molar-refractivity contribution in [1.82, 2.24) is 0 Å². The van der Waals surface area contributed by atoms with E-state index in [0.29, 0.717) is 6.42 Å². The van der Waals surface area contributed by atoms with Crippen molar-refractivity contribution in [3.05, 3.63) is 0 Å². The molecule has 0 aromatic carbocycles. The van der Waals surface area contributed by atoms with Gasteiger partial charge in [0.15, 0.2) is 9.84 Å². The largest absolute Gasteiger partial charge is 1.00 e. The molecule has 1 aliphatic heterocycles. The fourth-order valence-corrected chi connectivity index (χ4v) is 7.44. The Morgan fingerprint density at radius 2 is 1.26 bits per heavy atom. The van der Waals surface area contributed by atoms with Crippen LogP contribution in [0.1, 0.15) is 103 Å². The third kappa shape index (κ3) is 15.0. The molecular formula is C21H39NaO7S2. The minimum atomic E-state index is -4.82. The zero-order valence-corrected chi connectivity index (χ0v) is 23.0. The first kappa shape index (κ1) is 31.3. The molecule has 0 saturated carbocycles. The molecule has 10 heteroatoms. The Bertz CT molecular complexity index is 693. The average molecular weight is 491 g/mol. The average Bonchev–Trinajstić information content (AvgIpc) is 2.96. The van der Waals surface area contributed by atoms with Gasteiger partial charge in [-0.2, -0.15) is 0 Å². The van der Waals surface area contributed by atoms with E-state index in [2.05, 4.69) is 6.92 Å². The Hall–Kier alpha value is 0.330. The van der Waals surface area contributed by atoms with Crippen LogP contribution in [0.4, 0.5) is 0 Å². The summed E-state index contributed by atoms with van der Waals surface area (Å²) in [6.07, 6.45) is 15.5. The van der Waals surface area contributed by atoms with E-state index in [4.69, 9.17) is 4.74 Å². The maximum Gasteiger partial charge on any atom is 1.00 e. The molecule has 0 bridgehead atoms. The molecule has 2 unspecified atom stereocenters. The molecule has 1 rings (SSSR count). The van der Waals surface area contributed by atoms with Crippen LogP contribution in [0, 0.1) is 0 Å². The SMILES string of the molecule is CCCCCCCCCCCCCCCCC(=O)OC1CS(=O)(=O)CC1S(=O)(=O)[O-].[Na+]. The van der Waals surface area contributed by atoms with E-state index >= 15 is 0 Å². The van der Waals surface area contributed by atoms with Crippen molar-refractivity contribution < 1.29 is 60.5 Å². The van der Waals surface area contributed by atoms with Gasteiger partial charge in [-0.25, -0.2) is 16.8 Å². The van der Waals surface area contributed by atoms with Crippen molar-refractivity contribution in [3.63, 3.8) is 0 Å². The normalized spacial score (nSPS) is 20.3. The number of hydrogen-bond donors (Lipinski definition) is 0. The number of rotatable bonds is 17. The van der Waals surface area contributed by atoms with Gasteiger partial charge in [0, 0.05) is 6.42 Å². The molecule has 0 radical (unpaired) electrons. The van der Waals surface area contributed by atoms with E-state index in [1.807, 2.05) is 0 Å². The van der Waals surface area contributed by atoms with Gasteiger partial charge in [-0.05, 0) is 6.42 Å². The zero-order valence-electron chi connectivity index (χ0n) is 19.3. The summed E-state index contributed by atoms with van der Waals surface area (Å²) >= 11 is 0. The van der Waals surface area contributed by atoms with E-state index < -0.39 is 48.8 Å². The summed E-state index contributed by atoms with van der Waals surface area (Å²) in [4.78, 5) is 11.9. The van der Waals surface area contributed by atoms with Crippen LogP contribution in [0.15, 0.2) is 0 Å². The van der Waals surface area contributed by atoms with Crippen LogP contribution in [0.2, 0.25) is 0 Å². The Morgan fingerprint density at radius 1 is 0.839 bits per heavy atom. The molecule has 1 aliphatic rings. The Labute approximate surface area is 211 Å². The van der Waals surface area contributed by atoms with Crippen molar-refractivity contribution in [3.8, 4) is 0 Å². The van der Waals surface area contributed by atoms with Gasteiger partial charge in [-0.3, -0.25) is 4.79 Å². The molecule has 31 heavy (non-hydrogen) atoms. The maximum atomic E-state index is 11.9. The van der Waals surface area contributed by atoms with Gasteiger partial charge in [0.05, 0.1) is 11.5 Å². The molecule has 0 spiro atoms. The molecule has 1 fully saturated rings. The number of sulfone groups is 1. The van der Waals surface area contributed by atoms with Gasteiger partial charge >= 0.3 is 35.5 Å². The van der Waals surface area contributed by atoms with E-state index in [-0.39, 0.29) is 36.0 Å². The number of unbranched alkanes of at least 4 members (excludes halogenated alkanes) is 13. The predicted octanol–water partition coefficient (Wildman–Crippen LogP) is 1.12. The first-order valence-electron chi connectivity index (χ1n) is 11.5. The molecule has 7 nitrogen and oxygen atoms in total. The molecule has 0 aromatic heterocycles. The molecule has 178 valence electrons. The van der Waals surface area contributed by atoms with Gasteiger partial charge in [0.1, 0.15) is 21.5 Å². The van der Waals surface area contributed by atoms with Crippen LogP contribution >= 0.6 is 0 Å². The maximum absolute atomic E-state index is 11.9. The molecule has 2 atom stereocenters. The van der Waals surface area contributed by atoms with Crippen LogP contribution in [-0.2, 0) is 29.5 Å². The number of carbonyl (C=O) groups excluding carboxylic acids is 1. The van der Waals surface area contributed by atoms with Gasteiger partial charge in [0.2, 0.25) is 0 Å². The quantitative estimate of drug-likeness (QED) is 0.130. The smallest absolute Gasteiger partial charge is 0.748 e. The minimum absolute atomic E-state index is 0. The Kier molecular flexibility index (Phi) is 17.0. The summed E-state index contributed by atoms with van der Waals surface area (Å²) in [5, 5.41) is -1.69. The molecule has 0 amide bonds. The molecule has 0 aliphatic carbocycles. The second-order valence-electron chi connectivity index (χ2n) is 8.48. The third-order valence-electron chi connectivity index (χ3n) is 5.64. The molecule has 1 saturated heterocycles. The van der Waals surface area contributed by atoms with E-state index in [0.717, 1.165) is 19.3 Å². The summed E-state index contributed by atoms with van der Waals surface area (Å²) in [5.74, 6) is -2.00. The fourth-order valence-electron chi connectivity index (χ4n) is 3.85. The first-order valence-corrected chi connectivity index (χ1v) is 14.8. The second kappa shape index (κ2) is 16.9. The summed E-state index contributed by atoms with van der Waals surface area (Å²) in [5.41, 5.74) is 0. The van der Waals surface area contributed by atoms with Crippen LogP contribution in [0.5, 0.6) is 0 Å². The first-order chi connectivity index (χ1) is 14.2. The van der Waals surface area contributed by atoms with Gasteiger partial charge in [-0.1, -0.05) is 90.4 Å². The summed E-state index contributed by atoms with van der Waals surface area (Å²) < 4.78 is 61.8. The molecular weight excluding hydrogens is 451 g/mol. The minimum Gasteiger partial charge on any atom is -0.748 e. The number of hydrogen-bond acceptors (Lipinski definition) is 7. The summed E-state index contributed by atoms with van der Waals surface area (Å²) in [7, 11) is -8.50. The van der Waals surface area contributed by atoms with Gasteiger partial charge < -0.3 is 9.29 Å².